The molecule has 0 aromatic carbocycles. The summed E-state index contributed by atoms with van der Waals surface area (Å²) in [6, 6.07) is 0.170. The summed E-state index contributed by atoms with van der Waals surface area (Å²) in [4.78, 5) is 0. The lowest BCUT2D eigenvalue weighted by Crippen LogP contribution is -2.38. The summed E-state index contributed by atoms with van der Waals surface area (Å²) in [5.41, 5.74) is 0. The van der Waals surface area contributed by atoms with E-state index in [-0.39, 0.29) is 12.1 Å². The Bertz CT molecular complexity index is 197. The van der Waals surface area contributed by atoms with Crippen LogP contribution < -0.4 is 5.32 Å². The maximum atomic E-state index is 9.74. The zero-order valence-corrected chi connectivity index (χ0v) is 9.00. The Kier molecular flexibility index (Phi) is 5.00. The van der Waals surface area contributed by atoms with Gasteiger partial charge >= 0.3 is 0 Å². The van der Waals surface area contributed by atoms with Crippen LogP contribution in [-0.4, -0.2) is 23.8 Å². The van der Waals surface area contributed by atoms with Crippen LogP contribution in [0, 0.1) is 18.3 Å². The van der Waals surface area contributed by atoms with Crippen molar-refractivity contribution in [3.05, 3.63) is 0 Å². The number of terminal acetylenes is 1. The van der Waals surface area contributed by atoms with E-state index in [0.717, 1.165) is 25.8 Å². The zero-order chi connectivity index (χ0) is 10.4. The highest BCUT2D eigenvalue weighted by molar-refractivity contribution is 4.98. The third-order valence-corrected chi connectivity index (χ3v) is 3.10. The largest absolute Gasteiger partial charge is 0.393 e. The quantitative estimate of drug-likeness (QED) is 0.667. The van der Waals surface area contributed by atoms with Gasteiger partial charge in [-0.25, -0.2) is 0 Å². The Labute approximate surface area is 87.1 Å². The van der Waals surface area contributed by atoms with Gasteiger partial charge in [0.1, 0.15) is 0 Å². The standard InChI is InChI=1S/C12H21NO/c1-3-11(4-2)13-9-10-7-5-6-8-12(10)14/h1,10-14H,4-9H2,2H3. The molecule has 80 valence electrons. The topological polar surface area (TPSA) is 32.3 Å². The summed E-state index contributed by atoms with van der Waals surface area (Å²) >= 11 is 0. The van der Waals surface area contributed by atoms with Gasteiger partial charge in [-0.3, -0.25) is 0 Å². The molecule has 0 aromatic heterocycles. The van der Waals surface area contributed by atoms with E-state index in [1.54, 1.807) is 0 Å². The van der Waals surface area contributed by atoms with Gasteiger partial charge < -0.3 is 10.4 Å². The third kappa shape index (κ3) is 3.32. The molecule has 1 fully saturated rings. The molecule has 0 aliphatic heterocycles. The van der Waals surface area contributed by atoms with Gasteiger partial charge in [0.15, 0.2) is 0 Å². The molecule has 2 nitrogen and oxygen atoms in total. The molecule has 0 heterocycles. The second kappa shape index (κ2) is 6.06. The fraction of sp³-hybridized carbons (Fsp3) is 0.833. The average Bonchev–Trinajstić information content (AvgIpc) is 2.22. The molecule has 3 atom stereocenters. The van der Waals surface area contributed by atoms with Crippen LogP contribution in [0.1, 0.15) is 39.0 Å². The van der Waals surface area contributed by atoms with Crippen molar-refractivity contribution in [1.82, 2.24) is 5.32 Å². The first-order valence-electron chi connectivity index (χ1n) is 5.65. The molecule has 1 rings (SSSR count). The Morgan fingerprint density at radius 3 is 2.79 bits per heavy atom. The molecule has 0 aromatic rings. The summed E-state index contributed by atoms with van der Waals surface area (Å²) in [7, 11) is 0. The SMILES string of the molecule is C#CC(CC)NCC1CCCCC1O. The molecule has 0 saturated heterocycles. The highest BCUT2D eigenvalue weighted by Crippen LogP contribution is 2.23. The van der Waals surface area contributed by atoms with Crippen molar-refractivity contribution in [1.29, 1.82) is 0 Å². The van der Waals surface area contributed by atoms with Gasteiger partial charge in [-0.1, -0.05) is 25.7 Å². The van der Waals surface area contributed by atoms with Crippen LogP contribution in [0.15, 0.2) is 0 Å². The minimum Gasteiger partial charge on any atom is -0.393 e. The van der Waals surface area contributed by atoms with Gasteiger partial charge in [0.2, 0.25) is 0 Å². The fourth-order valence-corrected chi connectivity index (χ4v) is 2.04. The maximum Gasteiger partial charge on any atom is 0.0684 e. The molecule has 14 heavy (non-hydrogen) atoms. The van der Waals surface area contributed by atoms with Gasteiger partial charge in [-0.2, -0.15) is 0 Å². The number of hydrogen-bond donors (Lipinski definition) is 2. The summed E-state index contributed by atoms with van der Waals surface area (Å²) in [5.74, 6) is 3.12. The Hall–Kier alpha value is -0.520. The lowest BCUT2D eigenvalue weighted by Gasteiger charge is -2.28. The van der Waals surface area contributed by atoms with E-state index in [9.17, 15) is 5.11 Å². The highest BCUT2D eigenvalue weighted by Gasteiger charge is 2.22. The molecule has 1 saturated carbocycles. The van der Waals surface area contributed by atoms with Crippen LogP contribution >= 0.6 is 0 Å². The fourth-order valence-electron chi connectivity index (χ4n) is 2.04. The minimum absolute atomic E-state index is 0.119. The van der Waals surface area contributed by atoms with Crippen molar-refractivity contribution in [3.63, 3.8) is 0 Å². The molecule has 0 spiro atoms. The minimum atomic E-state index is -0.119. The zero-order valence-electron chi connectivity index (χ0n) is 9.00. The molecular formula is C12H21NO. The molecule has 1 aliphatic rings. The maximum absolute atomic E-state index is 9.74. The van der Waals surface area contributed by atoms with E-state index >= 15 is 0 Å². The molecule has 2 heteroatoms. The highest BCUT2D eigenvalue weighted by atomic mass is 16.3. The number of rotatable bonds is 4. The number of aliphatic hydroxyl groups is 1. The Morgan fingerprint density at radius 1 is 1.50 bits per heavy atom. The van der Waals surface area contributed by atoms with E-state index in [1.165, 1.54) is 12.8 Å². The Balaban J connectivity index is 2.25. The summed E-state index contributed by atoms with van der Waals surface area (Å²) in [5, 5.41) is 13.1. The number of aliphatic hydroxyl groups excluding tert-OH is 1. The van der Waals surface area contributed by atoms with Crippen molar-refractivity contribution in [2.75, 3.05) is 6.54 Å². The second-order valence-electron chi connectivity index (χ2n) is 4.15. The van der Waals surface area contributed by atoms with Crippen LogP contribution in [0.2, 0.25) is 0 Å². The van der Waals surface area contributed by atoms with Gasteiger partial charge in [-0.05, 0) is 25.2 Å². The van der Waals surface area contributed by atoms with Crippen molar-refractivity contribution in [3.8, 4) is 12.3 Å². The van der Waals surface area contributed by atoms with Crippen LogP contribution in [0.25, 0.3) is 0 Å². The molecule has 3 unspecified atom stereocenters. The average molecular weight is 195 g/mol. The van der Waals surface area contributed by atoms with Crippen LogP contribution in [0.3, 0.4) is 0 Å². The van der Waals surface area contributed by atoms with Crippen molar-refractivity contribution < 1.29 is 5.11 Å². The molecular weight excluding hydrogens is 174 g/mol. The van der Waals surface area contributed by atoms with Gasteiger partial charge in [-0.15, -0.1) is 6.42 Å². The van der Waals surface area contributed by atoms with Crippen molar-refractivity contribution >= 4 is 0 Å². The lowest BCUT2D eigenvalue weighted by molar-refractivity contribution is 0.0689. The van der Waals surface area contributed by atoms with Crippen molar-refractivity contribution in [2.24, 2.45) is 5.92 Å². The van der Waals surface area contributed by atoms with Gasteiger partial charge in [0.25, 0.3) is 0 Å². The van der Waals surface area contributed by atoms with E-state index in [2.05, 4.69) is 18.2 Å². The van der Waals surface area contributed by atoms with Crippen molar-refractivity contribution in [2.45, 2.75) is 51.2 Å². The molecule has 0 bridgehead atoms. The van der Waals surface area contributed by atoms with E-state index < -0.39 is 0 Å². The van der Waals surface area contributed by atoms with E-state index in [1.807, 2.05) is 0 Å². The summed E-state index contributed by atoms with van der Waals surface area (Å²) < 4.78 is 0. The third-order valence-electron chi connectivity index (χ3n) is 3.10. The van der Waals surface area contributed by atoms with E-state index in [4.69, 9.17) is 6.42 Å². The monoisotopic (exact) mass is 195 g/mol. The second-order valence-corrected chi connectivity index (χ2v) is 4.15. The summed E-state index contributed by atoms with van der Waals surface area (Å²) in [6.07, 6.45) is 10.7. The molecule has 0 radical (unpaired) electrons. The predicted molar refractivity (Wildman–Crippen MR) is 58.9 cm³/mol. The number of nitrogens with one attached hydrogen (secondary N) is 1. The number of hydrogen-bond acceptors (Lipinski definition) is 2. The normalized spacial score (nSPS) is 29.5. The first kappa shape index (κ1) is 11.6. The molecule has 1 aliphatic carbocycles. The van der Waals surface area contributed by atoms with Crippen LogP contribution in [-0.2, 0) is 0 Å². The smallest absolute Gasteiger partial charge is 0.0684 e. The first-order valence-corrected chi connectivity index (χ1v) is 5.65. The first-order chi connectivity index (χ1) is 6.77. The summed E-state index contributed by atoms with van der Waals surface area (Å²) in [6.45, 7) is 2.94. The van der Waals surface area contributed by atoms with Crippen LogP contribution in [0.5, 0.6) is 0 Å². The van der Waals surface area contributed by atoms with E-state index in [0.29, 0.717) is 5.92 Å². The predicted octanol–water partition coefficient (Wildman–Crippen LogP) is 1.54. The van der Waals surface area contributed by atoms with Crippen LogP contribution in [0.4, 0.5) is 0 Å². The van der Waals surface area contributed by atoms with Gasteiger partial charge in [0.05, 0.1) is 12.1 Å². The molecule has 0 amide bonds. The van der Waals surface area contributed by atoms with Gasteiger partial charge in [0, 0.05) is 6.54 Å². The lowest BCUT2D eigenvalue weighted by atomic mass is 9.86. The Morgan fingerprint density at radius 2 is 2.21 bits per heavy atom. The molecule has 2 N–H and O–H groups in total.